The normalized spacial score (nSPS) is 11.1. The Labute approximate surface area is 106 Å². The molecule has 5 nitrogen and oxygen atoms in total. The third-order valence-electron chi connectivity index (χ3n) is 2.34. The zero-order valence-electron chi connectivity index (χ0n) is 10.7. The molecule has 0 unspecified atom stereocenters. The highest BCUT2D eigenvalue weighted by molar-refractivity contribution is 6.00. The number of carboxylic acid groups (broad SMARTS) is 1. The molecule has 98 valence electrons. The summed E-state index contributed by atoms with van der Waals surface area (Å²) in [5, 5.41) is 18.1. The summed E-state index contributed by atoms with van der Waals surface area (Å²) in [6, 6.07) is 5.87. The van der Waals surface area contributed by atoms with Crippen LogP contribution in [0, 0.1) is 5.41 Å². The Morgan fingerprint density at radius 1 is 1.17 bits per heavy atom. The highest BCUT2D eigenvalue weighted by Crippen LogP contribution is 2.24. The zero-order valence-corrected chi connectivity index (χ0v) is 10.7. The number of aliphatic carboxylic acids is 1. The number of hydrogen-bond donors (Lipinski definition) is 2. The average molecular weight is 251 g/mol. The molecular formula is C13H17NO4. The lowest BCUT2D eigenvalue weighted by atomic mass is 9.94. The van der Waals surface area contributed by atoms with E-state index in [1.165, 1.54) is 29.2 Å². The molecule has 0 bridgehead atoms. The van der Waals surface area contributed by atoms with Gasteiger partial charge in [0.25, 0.3) is 0 Å². The maximum atomic E-state index is 12.2. The van der Waals surface area contributed by atoms with Gasteiger partial charge < -0.3 is 15.1 Å². The molecule has 0 spiro atoms. The summed E-state index contributed by atoms with van der Waals surface area (Å²) in [5.41, 5.74) is -0.219. The van der Waals surface area contributed by atoms with Crippen molar-refractivity contribution in [1.82, 2.24) is 0 Å². The molecule has 1 rings (SSSR count). The first kappa shape index (κ1) is 14.0. The average Bonchev–Trinajstić information content (AvgIpc) is 2.25. The van der Waals surface area contributed by atoms with Crippen molar-refractivity contribution in [2.75, 3.05) is 11.4 Å². The van der Waals surface area contributed by atoms with Crippen molar-refractivity contribution in [3.8, 4) is 5.75 Å². The number of benzene rings is 1. The Morgan fingerprint density at radius 2 is 1.67 bits per heavy atom. The van der Waals surface area contributed by atoms with Gasteiger partial charge in [-0.2, -0.15) is 0 Å². The molecule has 0 aliphatic rings. The molecule has 0 saturated carbocycles. The standard InChI is InChI=1S/C13H17NO4/c1-13(2,3)12(18)14(8-11(16)17)9-4-6-10(15)7-5-9/h4-7,15H,8H2,1-3H3,(H,16,17). The first-order valence-electron chi connectivity index (χ1n) is 5.54. The van der Waals surface area contributed by atoms with Crippen LogP contribution >= 0.6 is 0 Å². The molecule has 0 aliphatic carbocycles. The molecule has 0 aliphatic heterocycles. The van der Waals surface area contributed by atoms with Crippen LogP contribution in [0.2, 0.25) is 0 Å². The van der Waals surface area contributed by atoms with Crippen molar-refractivity contribution in [1.29, 1.82) is 0 Å². The predicted molar refractivity (Wildman–Crippen MR) is 67.6 cm³/mol. The number of rotatable bonds is 3. The van der Waals surface area contributed by atoms with Gasteiger partial charge in [0.15, 0.2) is 0 Å². The van der Waals surface area contributed by atoms with E-state index in [0.29, 0.717) is 5.69 Å². The number of nitrogens with zero attached hydrogens (tertiary/aromatic N) is 1. The van der Waals surface area contributed by atoms with Gasteiger partial charge >= 0.3 is 5.97 Å². The largest absolute Gasteiger partial charge is 0.508 e. The number of phenolic OH excluding ortho intramolecular Hbond substituents is 1. The van der Waals surface area contributed by atoms with Gasteiger partial charge in [0.2, 0.25) is 5.91 Å². The maximum Gasteiger partial charge on any atom is 0.323 e. The van der Waals surface area contributed by atoms with Gasteiger partial charge in [-0.25, -0.2) is 0 Å². The van der Waals surface area contributed by atoms with Crippen LogP contribution in [0.25, 0.3) is 0 Å². The lowest BCUT2D eigenvalue weighted by Gasteiger charge is -2.28. The smallest absolute Gasteiger partial charge is 0.323 e. The van der Waals surface area contributed by atoms with Crippen LogP contribution in [0.3, 0.4) is 0 Å². The van der Waals surface area contributed by atoms with E-state index in [-0.39, 0.29) is 11.7 Å². The topological polar surface area (TPSA) is 77.8 Å². The summed E-state index contributed by atoms with van der Waals surface area (Å²) in [6.07, 6.45) is 0. The minimum atomic E-state index is -1.08. The van der Waals surface area contributed by atoms with Gasteiger partial charge in [-0.05, 0) is 24.3 Å². The molecule has 1 aromatic carbocycles. The molecule has 0 heterocycles. The third kappa shape index (κ3) is 3.48. The van der Waals surface area contributed by atoms with Gasteiger partial charge in [0.05, 0.1) is 0 Å². The van der Waals surface area contributed by atoms with Crippen molar-refractivity contribution in [3.05, 3.63) is 24.3 Å². The van der Waals surface area contributed by atoms with E-state index in [1.54, 1.807) is 20.8 Å². The summed E-state index contributed by atoms with van der Waals surface area (Å²) in [5.74, 6) is -1.30. The van der Waals surface area contributed by atoms with Crippen LogP contribution in [0.4, 0.5) is 5.69 Å². The van der Waals surface area contributed by atoms with Crippen LogP contribution in [0.5, 0.6) is 5.75 Å². The molecule has 0 fully saturated rings. The van der Waals surface area contributed by atoms with E-state index in [4.69, 9.17) is 5.11 Å². The maximum absolute atomic E-state index is 12.2. The van der Waals surface area contributed by atoms with E-state index in [9.17, 15) is 14.7 Å². The second-order valence-corrected chi connectivity index (χ2v) is 5.05. The lowest BCUT2D eigenvalue weighted by molar-refractivity contribution is -0.137. The number of amides is 1. The van der Waals surface area contributed by atoms with E-state index < -0.39 is 17.9 Å². The van der Waals surface area contributed by atoms with Gasteiger partial charge in [-0.15, -0.1) is 0 Å². The number of carbonyl (C=O) groups is 2. The fraction of sp³-hybridized carbons (Fsp3) is 0.385. The van der Waals surface area contributed by atoms with Crippen LogP contribution in [-0.2, 0) is 9.59 Å². The van der Waals surface area contributed by atoms with E-state index in [0.717, 1.165) is 0 Å². The fourth-order valence-electron chi connectivity index (χ4n) is 1.45. The van der Waals surface area contributed by atoms with Gasteiger partial charge in [0.1, 0.15) is 12.3 Å². The minimum absolute atomic E-state index is 0.0669. The molecule has 0 saturated heterocycles. The number of aromatic hydroxyl groups is 1. The lowest BCUT2D eigenvalue weighted by Crippen LogP contribution is -2.42. The SMILES string of the molecule is CC(C)(C)C(=O)N(CC(=O)O)c1ccc(O)cc1. The Hall–Kier alpha value is -2.04. The quantitative estimate of drug-likeness (QED) is 0.859. The van der Waals surface area contributed by atoms with Crippen molar-refractivity contribution in [2.45, 2.75) is 20.8 Å². The van der Waals surface area contributed by atoms with Gasteiger partial charge in [-0.3, -0.25) is 9.59 Å². The van der Waals surface area contributed by atoms with Crippen molar-refractivity contribution in [3.63, 3.8) is 0 Å². The number of carboxylic acids is 1. The fourth-order valence-corrected chi connectivity index (χ4v) is 1.45. The summed E-state index contributed by atoms with van der Waals surface area (Å²) in [4.78, 5) is 24.2. The Bertz CT molecular complexity index is 445. The Morgan fingerprint density at radius 3 is 2.06 bits per heavy atom. The molecule has 2 N–H and O–H groups in total. The van der Waals surface area contributed by atoms with Gasteiger partial charge in [-0.1, -0.05) is 20.8 Å². The number of phenols is 1. The first-order valence-corrected chi connectivity index (χ1v) is 5.54. The number of anilines is 1. The molecule has 18 heavy (non-hydrogen) atoms. The minimum Gasteiger partial charge on any atom is -0.508 e. The predicted octanol–water partition coefficient (Wildman–Crippen LogP) is 1.86. The van der Waals surface area contributed by atoms with Crippen LogP contribution in [0.1, 0.15) is 20.8 Å². The van der Waals surface area contributed by atoms with Crippen LogP contribution in [0.15, 0.2) is 24.3 Å². The second kappa shape index (κ2) is 5.08. The van der Waals surface area contributed by atoms with E-state index >= 15 is 0 Å². The third-order valence-corrected chi connectivity index (χ3v) is 2.34. The summed E-state index contributed by atoms with van der Waals surface area (Å²) >= 11 is 0. The Balaban J connectivity index is 3.09. The van der Waals surface area contributed by atoms with Crippen molar-refractivity contribution < 1.29 is 19.8 Å². The van der Waals surface area contributed by atoms with Gasteiger partial charge in [0, 0.05) is 11.1 Å². The van der Waals surface area contributed by atoms with Crippen LogP contribution < -0.4 is 4.90 Å². The monoisotopic (exact) mass is 251 g/mol. The van der Waals surface area contributed by atoms with Crippen molar-refractivity contribution >= 4 is 17.6 Å². The molecule has 1 amide bonds. The summed E-state index contributed by atoms with van der Waals surface area (Å²) < 4.78 is 0. The molecule has 0 aromatic heterocycles. The van der Waals surface area contributed by atoms with Crippen LogP contribution in [-0.4, -0.2) is 28.6 Å². The highest BCUT2D eigenvalue weighted by atomic mass is 16.4. The highest BCUT2D eigenvalue weighted by Gasteiger charge is 2.29. The number of hydrogen-bond acceptors (Lipinski definition) is 3. The second-order valence-electron chi connectivity index (χ2n) is 5.05. The molecule has 0 radical (unpaired) electrons. The summed E-state index contributed by atoms with van der Waals surface area (Å²) in [7, 11) is 0. The molecular weight excluding hydrogens is 234 g/mol. The molecule has 1 aromatic rings. The zero-order chi connectivity index (χ0) is 13.9. The van der Waals surface area contributed by atoms with E-state index in [2.05, 4.69) is 0 Å². The molecule has 0 atom stereocenters. The molecule has 5 heteroatoms. The van der Waals surface area contributed by atoms with Crippen molar-refractivity contribution in [2.24, 2.45) is 5.41 Å². The van der Waals surface area contributed by atoms with E-state index in [1.807, 2.05) is 0 Å². The number of carbonyl (C=O) groups excluding carboxylic acids is 1. The Kier molecular flexibility index (Phi) is 3.96. The summed E-state index contributed by atoms with van der Waals surface area (Å²) in [6.45, 7) is 4.78. The first-order chi connectivity index (χ1) is 8.21.